The summed E-state index contributed by atoms with van der Waals surface area (Å²) in [6, 6.07) is 17.0. The highest BCUT2D eigenvalue weighted by molar-refractivity contribution is 6.36. The fourth-order valence-corrected chi connectivity index (χ4v) is 4.50. The summed E-state index contributed by atoms with van der Waals surface area (Å²) in [7, 11) is 1.79. The van der Waals surface area contributed by atoms with E-state index in [4.69, 9.17) is 34.8 Å². The Morgan fingerprint density at radius 1 is 1.00 bits per heavy atom. The quantitative estimate of drug-likeness (QED) is 0.230. The number of anilines is 3. The lowest BCUT2D eigenvalue weighted by atomic mass is 10.0. The van der Waals surface area contributed by atoms with Crippen LogP contribution in [-0.2, 0) is 7.05 Å². The molecule has 0 fully saturated rings. The third kappa shape index (κ3) is 5.16. The van der Waals surface area contributed by atoms with Gasteiger partial charge in [-0.25, -0.2) is 4.39 Å². The van der Waals surface area contributed by atoms with E-state index < -0.39 is 5.82 Å². The van der Waals surface area contributed by atoms with Crippen LogP contribution in [0.3, 0.4) is 0 Å². The molecule has 2 heterocycles. The zero-order chi connectivity index (χ0) is 26.1. The second-order valence-corrected chi connectivity index (χ2v) is 9.46. The number of benzene rings is 3. The molecular weight excluding hydrogens is 536 g/mol. The van der Waals surface area contributed by atoms with Gasteiger partial charge in [0.15, 0.2) is 0 Å². The predicted octanol–water partition coefficient (Wildman–Crippen LogP) is 7.28. The maximum Gasteiger partial charge on any atom is 0.141 e. The monoisotopic (exact) mass is 551 g/mol. The van der Waals surface area contributed by atoms with Crippen molar-refractivity contribution in [2.24, 2.45) is 7.05 Å². The van der Waals surface area contributed by atoms with Crippen LogP contribution in [0.2, 0.25) is 15.1 Å². The number of rotatable bonds is 6. The zero-order valence-corrected chi connectivity index (χ0v) is 21.4. The van der Waals surface area contributed by atoms with Gasteiger partial charge >= 0.3 is 0 Å². The smallest absolute Gasteiger partial charge is 0.141 e. The number of aromatic nitrogens is 4. The first-order valence-corrected chi connectivity index (χ1v) is 12.1. The lowest BCUT2D eigenvalue weighted by Gasteiger charge is -2.20. The van der Waals surface area contributed by atoms with Gasteiger partial charge in [0.25, 0.3) is 0 Å². The van der Waals surface area contributed by atoms with Crippen LogP contribution in [0, 0.1) is 17.1 Å². The van der Waals surface area contributed by atoms with Crippen LogP contribution in [0.5, 0.6) is 0 Å². The molecule has 0 aliphatic heterocycles. The lowest BCUT2D eigenvalue weighted by Crippen LogP contribution is -2.13. The van der Waals surface area contributed by atoms with Crippen LogP contribution in [0.4, 0.5) is 21.5 Å². The maximum absolute atomic E-state index is 13.7. The highest BCUT2D eigenvalue weighted by atomic mass is 35.5. The number of aryl methyl sites for hydroxylation is 1. The fourth-order valence-electron chi connectivity index (χ4n) is 3.93. The molecule has 0 bridgehead atoms. The summed E-state index contributed by atoms with van der Waals surface area (Å²) >= 11 is 18.7. The van der Waals surface area contributed by atoms with Crippen LogP contribution in [0.15, 0.2) is 67.0 Å². The first kappa shape index (κ1) is 24.8. The maximum atomic E-state index is 13.7. The minimum atomic E-state index is -0.543. The Morgan fingerprint density at radius 3 is 2.43 bits per heavy atom. The fraction of sp³-hybridized carbons (Fsp3) is 0.0769. The molecule has 2 aromatic heterocycles. The molecule has 5 rings (SSSR count). The van der Waals surface area contributed by atoms with E-state index >= 15 is 0 Å². The molecule has 7 nitrogen and oxygen atoms in total. The van der Waals surface area contributed by atoms with E-state index in [1.807, 2.05) is 24.4 Å². The Morgan fingerprint density at radius 2 is 1.76 bits per heavy atom. The minimum absolute atomic E-state index is 0.0444. The summed E-state index contributed by atoms with van der Waals surface area (Å²) in [6.07, 6.45) is 3.25. The van der Waals surface area contributed by atoms with Gasteiger partial charge in [0.2, 0.25) is 0 Å². The van der Waals surface area contributed by atoms with E-state index in [1.54, 1.807) is 29.9 Å². The van der Waals surface area contributed by atoms with Crippen molar-refractivity contribution in [3.63, 3.8) is 0 Å². The molecule has 11 heteroatoms. The van der Waals surface area contributed by atoms with Crippen LogP contribution < -0.4 is 10.6 Å². The molecule has 184 valence electrons. The molecule has 0 saturated carbocycles. The summed E-state index contributed by atoms with van der Waals surface area (Å²) in [5.74, 6) is -0.543. The van der Waals surface area contributed by atoms with Crippen LogP contribution >= 0.6 is 34.8 Å². The van der Waals surface area contributed by atoms with Crippen LogP contribution in [0.25, 0.3) is 10.9 Å². The van der Waals surface area contributed by atoms with Crippen molar-refractivity contribution in [1.29, 1.82) is 5.26 Å². The van der Waals surface area contributed by atoms with Gasteiger partial charge in [-0.2, -0.15) is 5.26 Å². The number of nitrogens with one attached hydrogen (secondary N) is 2. The van der Waals surface area contributed by atoms with Gasteiger partial charge in [-0.1, -0.05) is 52.1 Å². The number of hydrogen-bond donors (Lipinski definition) is 2. The topological polar surface area (TPSA) is 91.5 Å². The van der Waals surface area contributed by atoms with E-state index in [9.17, 15) is 9.65 Å². The molecule has 0 aliphatic rings. The van der Waals surface area contributed by atoms with E-state index in [-0.39, 0.29) is 16.6 Å². The molecule has 5 aromatic rings. The summed E-state index contributed by atoms with van der Waals surface area (Å²) in [5, 5.41) is 26.3. The normalized spacial score (nSPS) is 11.8. The second-order valence-electron chi connectivity index (χ2n) is 8.21. The number of hydrogen-bond acceptors (Lipinski definition) is 6. The Labute approximate surface area is 226 Å². The van der Waals surface area contributed by atoms with Crippen molar-refractivity contribution in [3.8, 4) is 6.07 Å². The van der Waals surface area contributed by atoms with Crippen molar-refractivity contribution in [2.45, 2.75) is 6.04 Å². The molecular formula is C26H17Cl3FN7. The zero-order valence-electron chi connectivity index (χ0n) is 19.2. The van der Waals surface area contributed by atoms with E-state index in [1.165, 1.54) is 24.4 Å². The van der Waals surface area contributed by atoms with Gasteiger partial charge in [-0.05, 0) is 48.0 Å². The average molecular weight is 553 g/mol. The van der Waals surface area contributed by atoms with Crippen molar-refractivity contribution >= 4 is 62.8 Å². The highest BCUT2D eigenvalue weighted by Crippen LogP contribution is 2.37. The van der Waals surface area contributed by atoms with Crippen molar-refractivity contribution < 1.29 is 4.39 Å². The standard InChI is InChI=1S/C26H17Cl3FN7/c1-37-13-23(35-36-37)25(14-2-4-16(27)5-3-14)34-18-8-19-24(33-17-6-7-22(30)20(28)9-17)15(11-31)12-32-26(19)21(29)10-18/h2-10,12-13,25,34H,1H3,(H,32,33). The number of pyridine rings is 1. The summed E-state index contributed by atoms with van der Waals surface area (Å²) in [4.78, 5) is 4.39. The van der Waals surface area contributed by atoms with Crippen molar-refractivity contribution in [1.82, 2.24) is 20.0 Å². The Balaban J connectivity index is 1.61. The lowest BCUT2D eigenvalue weighted by molar-refractivity contribution is 0.628. The number of nitriles is 1. The highest BCUT2D eigenvalue weighted by Gasteiger charge is 2.20. The first-order chi connectivity index (χ1) is 17.8. The molecule has 0 saturated heterocycles. The average Bonchev–Trinajstić information content (AvgIpc) is 3.31. The van der Waals surface area contributed by atoms with Gasteiger partial charge in [0.05, 0.1) is 39.1 Å². The van der Waals surface area contributed by atoms with Crippen molar-refractivity contribution in [2.75, 3.05) is 10.6 Å². The predicted molar refractivity (Wildman–Crippen MR) is 144 cm³/mol. The van der Waals surface area contributed by atoms with Crippen molar-refractivity contribution in [3.05, 3.63) is 105 Å². The summed E-state index contributed by atoms with van der Waals surface area (Å²) < 4.78 is 15.3. The molecule has 0 radical (unpaired) electrons. The summed E-state index contributed by atoms with van der Waals surface area (Å²) in [5.41, 5.74) is 3.98. The van der Waals surface area contributed by atoms with Crippen LogP contribution in [-0.4, -0.2) is 20.0 Å². The van der Waals surface area contributed by atoms with E-state index in [0.29, 0.717) is 43.7 Å². The SMILES string of the molecule is Cn1cc(C(Nc2cc(Cl)c3ncc(C#N)c(Nc4ccc(F)c(Cl)c4)c3c2)c2ccc(Cl)cc2)nn1. The van der Waals surface area contributed by atoms with Gasteiger partial charge in [-0.3, -0.25) is 9.67 Å². The molecule has 0 spiro atoms. The Kier molecular flexibility index (Phi) is 6.85. The second kappa shape index (κ2) is 10.2. The van der Waals surface area contributed by atoms with E-state index in [2.05, 4.69) is 32.0 Å². The third-order valence-electron chi connectivity index (χ3n) is 5.66. The minimum Gasteiger partial charge on any atom is -0.373 e. The summed E-state index contributed by atoms with van der Waals surface area (Å²) in [6.45, 7) is 0. The molecule has 0 aliphatic carbocycles. The molecule has 37 heavy (non-hydrogen) atoms. The van der Waals surface area contributed by atoms with E-state index in [0.717, 1.165) is 5.56 Å². The Hall–Kier alpha value is -3.90. The third-order valence-corrected chi connectivity index (χ3v) is 6.49. The number of fused-ring (bicyclic) bond motifs is 1. The van der Waals surface area contributed by atoms with Crippen LogP contribution in [0.1, 0.15) is 22.9 Å². The molecule has 3 aromatic carbocycles. The largest absolute Gasteiger partial charge is 0.373 e. The van der Waals surface area contributed by atoms with Gasteiger partial charge in [-0.15, -0.1) is 5.10 Å². The van der Waals surface area contributed by atoms with Gasteiger partial charge in [0, 0.05) is 35.0 Å². The molecule has 2 N–H and O–H groups in total. The first-order valence-electron chi connectivity index (χ1n) is 10.9. The number of halogens is 4. The Bertz CT molecular complexity index is 1660. The molecule has 0 amide bonds. The molecule has 1 unspecified atom stereocenters. The van der Waals surface area contributed by atoms with Gasteiger partial charge < -0.3 is 10.6 Å². The van der Waals surface area contributed by atoms with Gasteiger partial charge in [0.1, 0.15) is 17.6 Å². The molecule has 1 atom stereocenters. The number of nitrogens with zero attached hydrogens (tertiary/aromatic N) is 5.